The summed E-state index contributed by atoms with van der Waals surface area (Å²) < 4.78 is 2.47. The Bertz CT molecular complexity index is 2330. The summed E-state index contributed by atoms with van der Waals surface area (Å²) in [6.45, 7) is 0. The molecule has 46 heavy (non-hydrogen) atoms. The van der Waals surface area contributed by atoms with Crippen LogP contribution in [0.25, 0.3) is 72.6 Å². The van der Waals surface area contributed by atoms with Crippen LogP contribution in [0.2, 0.25) is 0 Å². The summed E-state index contributed by atoms with van der Waals surface area (Å²) in [5.74, 6) is 0. The van der Waals surface area contributed by atoms with Gasteiger partial charge in [0, 0.05) is 43.1 Å². The fourth-order valence-corrected chi connectivity index (χ4v) is 7.79. The van der Waals surface area contributed by atoms with Gasteiger partial charge in [-0.1, -0.05) is 139 Å². The third-order valence-corrected chi connectivity index (χ3v) is 9.95. The van der Waals surface area contributed by atoms with Crippen molar-refractivity contribution in [2.75, 3.05) is 0 Å². The molecule has 3 heteroatoms. The molecule has 0 amide bonds. The third kappa shape index (κ3) is 4.48. The van der Waals surface area contributed by atoms with Crippen LogP contribution in [0, 0.1) is 0 Å². The van der Waals surface area contributed by atoms with Crippen molar-refractivity contribution in [3.63, 3.8) is 0 Å². The largest absolute Gasteiger partial charge is 0.309 e. The van der Waals surface area contributed by atoms with Gasteiger partial charge in [0.25, 0.3) is 0 Å². The summed E-state index contributed by atoms with van der Waals surface area (Å²) >= 11 is 1.86. The van der Waals surface area contributed by atoms with Crippen LogP contribution in [0.5, 0.6) is 0 Å². The molecule has 8 aromatic rings. The molecule has 0 N–H and O–H groups in total. The average molecular weight is 605 g/mol. The fourth-order valence-electron chi connectivity index (χ4n) is 6.70. The van der Waals surface area contributed by atoms with Crippen LogP contribution in [0.4, 0.5) is 0 Å². The number of nitrogens with zero attached hydrogens (tertiary/aromatic N) is 2. The Hall–Kier alpha value is -5.64. The zero-order chi connectivity index (χ0) is 30.5. The van der Waals surface area contributed by atoms with Crippen LogP contribution in [0.3, 0.4) is 0 Å². The molecular formula is C43H28N2S. The zero-order valence-electron chi connectivity index (χ0n) is 25.0. The van der Waals surface area contributed by atoms with Gasteiger partial charge < -0.3 is 4.57 Å². The second kappa shape index (κ2) is 11.1. The first-order valence-corrected chi connectivity index (χ1v) is 16.4. The molecule has 0 spiro atoms. The molecule has 0 saturated carbocycles. The molecule has 0 aliphatic carbocycles. The van der Waals surface area contributed by atoms with Crippen molar-refractivity contribution in [3.05, 3.63) is 170 Å². The Kier molecular flexibility index (Phi) is 6.43. The summed E-state index contributed by atoms with van der Waals surface area (Å²) in [6.07, 6.45) is 0. The molecule has 9 rings (SSSR count). The highest BCUT2D eigenvalue weighted by Crippen LogP contribution is 2.52. The van der Waals surface area contributed by atoms with Crippen molar-refractivity contribution in [1.82, 2.24) is 9.55 Å². The van der Waals surface area contributed by atoms with Crippen molar-refractivity contribution in [2.45, 2.75) is 9.79 Å². The summed E-state index contributed by atoms with van der Waals surface area (Å²) in [5.41, 5.74) is 13.8. The summed E-state index contributed by atoms with van der Waals surface area (Å²) in [7, 11) is 0. The lowest BCUT2D eigenvalue weighted by Gasteiger charge is -2.16. The highest BCUT2D eigenvalue weighted by atomic mass is 32.2. The SMILES string of the molecule is c1ccc(-c2cc(-c3cccc(-n4c5c(c6ccccc64)-c4ccccc4Sc4ccccc4-5)c3)cc(-c3ccccc3)n2)cc1. The van der Waals surface area contributed by atoms with Crippen LogP contribution >= 0.6 is 11.8 Å². The van der Waals surface area contributed by atoms with Crippen LogP contribution in [0.15, 0.2) is 180 Å². The van der Waals surface area contributed by atoms with Gasteiger partial charge in [0.2, 0.25) is 0 Å². The van der Waals surface area contributed by atoms with E-state index in [1.165, 1.54) is 43.1 Å². The second-order valence-electron chi connectivity index (χ2n) is 11.6. The molecule has 0 saturated heterocycles. The molecule has 0 radical (unpaired) electrons. The highest BCUT2D eigenvalue weighted by molar-refractivity contribution is 7.99. The zero-order valence-corrected chi connectivity index (χ0v) is 25.8. The van der Waals surface area contributed by atoms with E-state index in [9.17, 15) is 0 Å². The van der Waals surface area contributed by atoms with E-state index in [4.69, 9.17) is 4.98 Å². The van der Waals surface area contributed by atoms with E-state index >= 15 is 0 Å². The first kappa shape index (κ1) is 26.7. The summed E-state index contributed by atoms with van der Waals surface area (Å²) in [6, 6.07) is 60.8. The molecule has 1 aliphatic heterocycles. The van der Waals surface area contributed by atoms with Gasteiger partial charge in [-0.3, -0.25) is 0 Å². The third-order valence-electron chi connectivity index (χ3n) is 8.80. The minimum absolute atomic E-state index is 0.963. The molecule has 2 nitrogen and oxygen atoms in total. The molecule has 0 bridgehead atoms. The Balaban J connectivity index is 1.30. The van der Waals surface area contributed by atoms with Gasteiger partial charge in [0.1, 0.15) is 0 Å². The van der Waals surface area contributed by atoms with Crippen molar-refractivity contribution >= 4 is 22.7 Å². The van der Waals surface area contributed by atoms with Crippen LogP contribution < -0.4 is 0 Å². The maximum Gasteiger partial charge on any atom is 0.0715 e. The van der Waals surface area contributed by atoms with Crippen LogP contribution in [-0.2, 0) is 0 Å². The Morgan fingerprint density at radius 1 is 0.435 bits per heavy atom. The smallest absolute Gasteiger partial charge is 0.0715 e. The van der Waals surface area contributed by atoms with Gasteiger partial charge in [-0.15, -0.1) is 0 Å². The first-order chi connectivity index (χ1) is 22.8. The Morgan fingerprint density at radius 3 is 1.72 bits per heavy atom. The number of para-hydroxylation sites is 1. The predicted octanol–water partition coefficient (Wildman–Crippen LogP) is 11.8. The molecule has 6 aromatic carbocycles. The maximum atomic E-state index is 5.12. The van der Waals surface area contributed by atoms with E-state index in [2.05, 4.69) is 162 Å². The van der Waals surface area contributed by atoms with Crippen molar-refractivity contribution in [2.24, 2.45) is 0 Å². The number of pyridine rings is 1. The lowest BCUT2D eigenvalue weighted by molar-refractivity contribution is 1.13. The molecular weight excluding hydrogens is 577 g/mol. The monoisotopic (exact) mass is 604 g/mol. The van der Waals surface area contributed by atoms with Gasteiger partial charge in [-0.2, -0.15) is 0 Å². The Labute approximate surface area is 272 Å². The van der Waals surface area contributed by atoms with Crippen molar-refractivity contribution in [3.8, 4) is 61.7 Å². The number of aromatic nitrogens is 2. The van der Waals surface area contributed by atoms with E-state index in [-0.39, 0.29) is 0 Å². The number of benzene rings is 6. The fraction of sp³-hybridized carbons (Fsp3) is 0. The average Bonchev–Trinajstić information content (AvgIpc) is 3.40. The number of hydrogen-bond acceptors (Lipinski definition) is 2. The lowest BCUT2D eigenvalue weighted by atomic mass is 9.98. The van der Waals surface area contributed by atoms with E-state index in [0.717, 1.165) is 39.3 Å². The molecule has 1 aliphatic rings. The number of fused-ring (bicyclic) bond motifs is 7. The van der Waals surface area contributed by atoms with Gasteiger partial charge in [-0.05, 0) is 59.2 Å². The van der Waals surface area contributed by atoms with E-state index in [0.29, 0.717) is 0 Å². The van der Waals surface area contributed by atoms with Gasteiger partial charge in [0.05, 0.1) is 22.6 Å². The van der Waals surface area contributed by atoms with Gasteiger partial charge >= 0.3 is 0 Å². The van der Waals surface area contributed by atoms with E-state index in [1.54, 1.807) is 0 Å². The standard InChI is InChI=1S/C43H28N2S/c1-3-14-29(15-4-1)37-27-32(28-38(44-37)30-16-5-2-6-17-30)31-18-13-19-33(26-31)45-39-23-10-7-20-34(39)42-35-21-8-11-24-40(35)46-41-25-12-9-22-36(41)43(42)45/h1-28H. The number of rotatable bonds is 4. The Morgan fingerprint density at radius 2 is 1.00 bits per heavy atom. The topological polar surface area (TPSA) is 17.8 Å². The molecule has 2 aromatic heterocycles. The van der Waals surface area contributed by atoms with E-state index in [1.807, 2.05) is 23.9 Å². The minimum atomic E-state index is 0.963. The van der Waals surface area contributed by atoms with Crippen LogP contribution in [0.1, 0.15) is 0 Å². The van der Waals surface area contributed by atoms with Crippen LogP contribution in [-0.4, -0.2) is 9.55 Å². The van der Waals surface area contributed by atoms with Gasteiger partial charge in [0.15, 0.2) is 0 Å². The highest BCUT2D eigenvalue weighted by Gasteiger charge is 2.27. The van der Waals surface area contributed by atoms with E-state index < -0.39 is 0 Å². The lowest BCUT2D eigenvalue weighted by Crippen LogP contribution is -1.98. The predicted molar refractivity (Wildman–Crippen MR) is 192 cm³/mol. The van der Waals surface area contributed by atoms with Crippen molar-refractivity contribution < 1.29 is 0 Å². The normalized spacial score (nSPS) is 11.8. The van der Waals surface area contributed by atoms with Crippen molar-refractivity contribution in [1.29, 1.82) is 0 Å². The molecule has 0 atom stereocenters. The molecule has 0 fully saturated rings. The maximum absolute atomic E-state index is 5.12. The molecule has 3 heterocycles. The first-order valence-electron chi connectivity index (χ1n) is 15.6. The molecule has 216 valence electrons. The molecule has 0 unspecified atom stereocenters. The quantitative estimate of drug-likeness (QED) is 0.199. The van der Waals surface area contributed by atoms with Gasteiger partial charge in [-0.25, -0.2) is 4.98 Å². The summed E-state index contributed by atoms with van der Waals surface area (Å²) in [4.78, 5) is 7.67. The summed E-state index contributed by atoms with van der Waals surface area (Å²) in [5, 5.41) is 1.26. The second-order valence-corrected chi connectivity index (χ2v) is 12.7. The number of hydrogen-bond donors (Lipinski definition) is 0. The minimum Gasteiger partial charge on any atom is -0.309 e.